The summed E-state index contributed by atoms with van der Waals surface area (Å²) in [4.78, 5) is 0. The molecular weight excluding hydrogens is 186 g/mol. The molecule has 3 nitrogen and oxygen atoms in total. The molecule has 0 heterocycles. The van der Waals surface area contributed by atoms with Crippen LogP contribution in [0.4, 0.5) is 0 Å². The lowest BCUT2D eigenvalue weighted by Crippen LogP contribution is -2.21. The van der Waals surface area contributed by atoms with Crippen molar-refractivity contribution in [1.82, 2.24) is 5.32 Å². The largest absolute Gasteiger partial charge is 0.316 e. The van der Waals surface area contributed by atoms with Crippen molar-refractivity contribution >= 4 is 9.84 Å². The molecule has 0 bridgehead atoms. The quantitative estimate of drug-likeness (QED) is 0.635. The predicted octanol–water partition coefficient (Wildman–Crippen LogP) is 1.06. The number of hydrogen-bond acceptors (Lipinski definition) is 3. The Bertz CT molecular complexity index is 210. The highest BCUT2D eigenvalue weighted by Crippen LogP contribution is 1.93. The standard InChI is InChI=1S/C9H21NO2S/c1-9(2)8-10-6-4-5-7-13(3,11)12/h9-10H,4-8H2,1-3H3. The van der Waals surface area contributed by atoms with Crippen LogP contribution in [-0.4, -0.2) is 33.5 Å². The SMILES string of the molecule is CC(C)CNCCCCS(C)(=O)=O. The zero-order valence-corrected chi connectivity index (χ0v) is 9.65. The molecule has 0 atom stereocenters. The lowest BCUT2D eigenvalue weighted by Gasteiger charge is -2.06. The Morgan fingerprint density at radius 2 is 1.85 bits per heavy atom. The van der Waals surface area contributed by atoms with Crippen molar-refractivity contribution in [3.05, 3.63) is 0 Å². The maximum absolute atomic E-state index is 10.8. The van der Waals surface area contributed by atoms with Gasteiger partial charge in [0, 0.05) is 12.0 Å². The summed E-state index contributed by atoms with van der Waals surface area (Å²) in [5.74, 6) is 0.978. The normalized spacial score (nSPS) is 12.3. The molecular formula is C9H21NO2S. The third-order valence-electron chi connectivity index (χ3n) is 1.67. The Kier molecular flexibility index (Phi) is 6.33. The van der Waals surface area contributed by atoms with Gasteiger partial charge >= 0.3 is 0 Å². The number of sulfone groups is 1. The minimum absolute atomic E-state index is 0.316. The number of rotatable bonds is 7. The van der Waals surface area contributed by atoms with Gasteiger partial charge in [0.25, 0.3) is 0 Å². The summed E-state index contributed by atoms with van der Waals surface area (Å²) in [6.45, 7) is 6.25. The molecule has 0 aromatic heterocycles. The molecule has 1 N–H and O–H groups in total. The zero-order valence-electron chi connectivity index (χ0n) is 8.84. The van der Waals surface area contributed by atoms with Crippen molar-refractivity contribution in [1.29, 1.82) is 0 Å². The number of unbranched alkanes of at least 4 members (excludes halogenated alkanes) is 1. The monoisotopic (exact) mass is 207 g/mol. The summed E-state index contributed by atoms with van der Waals surface area (Å²) in [5, 5.41) is 3.28. The predicted molar refractivity (Wildman–Crippen MR) is 56.7 cm³/mol. The smallest absolute Gasteiger partial charge is 0.147 e. The zero-order chi connectivity index (χ0) is 10.3. The third kappa shape index (κ3) is 11.9. The van der Waals surface area contributed by atoms with Gasteiger partial charge in [0.2, 0.25) is 0 Å². The average Bonchev–Trinajstić information content (AvgIpc) is 1.93. The van der Waals surface area contributed by atoms with Gasteiger partial charge in [-0.05, 0) is 31.8 Å². The minimum Gasteiger partial charge on any atom is -0.316 e. The van der Waals surface area contributed by atoms with Crippen LogP contribution >= 0.6 is 0 Å². The average molecular weight is 207 g/mol. The second-order valence-electron chi connectivity index (χ2n) is 3.93. The summed E-state index contributed by atoms with van der Waals surface area (Å²) >= 11 is 0. The highest BCUT2D eigenvalue weighted by Gasteiger charge is 2.00. The fourth-order valence-electron chi connectivity index (χ4n) is 1.00. The first-order chi connectivity index (χ1) is 5.92. The van der Waals surface area contributed by atoms with E-state index in [1.807, 2.05) is 0 Å². The van der Waals surface area contributed by atoms with E-state index < -0.39 is 9.84 Å². The number of hydrogen-bond donors (Lipinski definition) is 1. The molecule has 0 aromatic rings. The Hall–Kier alpha value is -0.0900. The Morgan fingerprint density at radius 1 is 1.23 bits per heavy atom. The van der Waals surface area contributed by atoms with Crippen LogP contribution in [0.2, 0.25) is 0 Å². The van der Waals surface area contributed by atoms with E-state index in [2.05, 4.69) is 19.2 Å². The van der Waals surface area contributed by atoms with Gasteiger partial charge < -0.3 is 5.32 Å². The van der Waals surface area contributed by atoms with E-state index in [0.717, 1.165) is 25.9 Å². The topological polar surface area (TPSA) is 46.2 Å². The van der Waals surface area contributed by atoms with Crippen LogP contribution in [-0.2, 0) is 9.84 Å². The van der Waals surface area contributed by atoms with Gasteiger partial charge in [0.15, 0.2) is 0 Å². The van der Waals surface area contributed by atoms with E-state index >= 15 is 0 Å². The highest BCUT2D eigenvalue weighted by molar-refractivity contribution is 7.90. The van der Waals surface area contributed by atoms with Crippen LogP contribution in [0.1, 0.15) is 26.7 Å². The van der Waals surface area contributed by atoms with Crippen molar-refractivity contribution < 1.29 is 8.42 Å². The molecule has 0 aromatic carbocycles. The fraction of sp³-hybridized carbons (Fsp3) is 1.00. The molecule has 0 radical (unpaired) electrons. The van der Waals surface area contributed by atoms with Gasteiger partial charge in [-0.15, -0.1) is 0 Å². The lowest BCUT2D eigenvalue weighted by atomic mass is 10.2. The molecule has 0 spiro atoms. The Labute approximate surface area is 81.8 Å². The summed E-state index contributed by atoms with van der Waals surface area (Å²) in [5.41, 5.74) is 0. The molecule has 80 valence electrons. The van der Waals surface area contributed by atoms with E-state index in [0.29, 0.717) is 11.7 Å². The maximum Gasteiger partial charge on any atom is 0.147 e. The molecule has 0 rings (SSSR count). The molecule has 4 heteroatoms. The van der Waals surface area contributed by atoms with E-state index in [-0.39, 0.29) is 0 Å². The van der Waals surface area contributed by atoms with Gasteiger partial charge in [-0.2, -0.15) is 0 Å². The van der Waals surface area contributed by atoms with E-state index in [9.17, 15) is 8.42 Å². The van der Waals surface area contributed by atoms with E-state index in [4.69, 9.17) is 0 Å². The molecule has 0 aliphatic heterocycles. The van der Waals surface area contributed by atoms with Gasteiger partial charge in [-0.1, -0.05) is 13.8 Å². The molecule has 0 saturated heterocycles. The summed E-state index contributed by atoms with van der Waals surface area (Å²) in [6, 6.07) is 0. The molecule has 0 aliphatic rings. The molecule has 13 heavy (non-hydrogen) atoms. The third-order valence-corrected chi connectivity index (χ3v) is 2.70. The maximum atomic E-state index is 10.8. The van der Waals surface area contributed by atoms with Crippen molar-refractivity contribution in [2.45, 2.75) is 26.7 Å². The summed E-state index contributed by atoms with van der Waals surface area (Å²) in [6.07, 6.45) is 3.00. The second kappa shape index (κ2) is 6.38. The Balaban J connectivity index is 3.18. The van der Waals surface area contributed by atoms with Gasteiger partial charge in [-0.3, -0.25) is 0 Å². The van der Waals surface area contributed by atoms with Crippen LogP contribution < -0.4 is 5.32 Å². The first-order valence-electron chi connectivity index (χ1n) is 4.80. The second-order valence-corrected chi connectivity index (χ2v) is 6.19. The van der Waals surface area contributed by atoms with Crippen molar-refractivity contribution in [2.75, 3.05) is 25.1 Å². The summed E-state index contributed by atoms with van der Waals surface area (Å²) in [7, 11) is -2.76. The lowest BCUT2D eigenvalue weighted by molar-refractivity contribution is 0.538. The van der Waals surface area contributed by atoms with E-state index in [1.54, 1.807) is 0 Å². The fourth-order valence-corrected chi connectivity index (χ4v) is 1.73. The van der Waals surface area contributed by atoms with Crippen LogP contribution in [0, 0.1) is 5.92 Å². The molecule has 0 amide bonds. The van der Waals surface area contributed by atoms with Crippen LogP contribution in [0.15, 0.2) is 0 Å². The summed E-state index contributed by atoms with van der Waals surface area (Å²) < 4.78 is 21.5. The molecule has 0 fully saturated rings. The first-order valence-corrected chi connectivity index (χ1v) is 6.86. The van der Waals surface area contributed by atoms with Gasteiger partial charge in [0.05, 0.1) is 0 Å². The first kappa shape index (κ1) is 12.9. The van der Waals surface area contributed by atoms with Gasteiger partial charge in [-0.25, -0.2) is 8.42 Å². The van der Waals surface area contributed by atoms with Crippen LogP contribution in [0.3, 0.4) is 0 Å². The van der Waals surface area contributed by atoms with Crippen LogP contribution in [0.5, 0.6) is 0 Å². The van der Waals surface area contributed by atoms with Crippen LogP contribution in [0.25, 0.3) is 0 Å². The minimum atomic E-state index is -2.76. The van der Waals surface area contributed by atoms with Crippen molar-refractivity contribution in [2.24, 2.45) is 5.92 Å². The van der Waals surface area contributed by atoms with E-state index in [1.165, 1.54) is 6.26 Å². The van der Waals surface area contributed by atoms with Gasteiger partial charge in [0.1, 0.15) is 9.84 Å². The van der Waals surface area contributed by atoms with Crippen molar-refractivity contribution in [3.8, 4) is 0 Å². The molecule has 0 aliphatic carbocycles. The Morgan fingerprint density at radius 3 is 2.31 bits per heavy atom. The number of nitrogens with one attached hydrogen (secondary N) is 1. The highest BCUT2D eigenvalue weighted by atomic mass is 32.2. The van der Waals surface area contributed by atoms with Crippen molar-refractivity contribution in [3.63, 3.8) is 0 Å². The molecule has 0 saturated carbocycles. The molecule has 0 unspecified atom stereocenters.